The predicted molar refractivity (Wildman–Crippen MR) is 112 cm³/mol. The number of aromatic nitrogens is 4. The Labute approximate surface area is 182 Å². The molecule has 0 bridgehead atoms. The maximum atomic E-state index is 12.7. The van der Waals surface area contributed by atoms with Crippen LogP contribution in [0.15, 0.2) is 30.5 Å². The number of nitrogens with two attached hydrogens (primary N) is 1. The second-order valence-corrected chi connectivity index (χ2v) is 7.98. The minimum atomic E-state index is -4.37. The highest BCUT2D eigenvalue weighted by Crippen LogP contribution is 2.30. The van der Waals surface area contributed by atoms with Crippen LogP contribution in [0.4, 0.5) is 19.1 Å². The summed E-state index contributed by atoms with van der Waals surface area (Å²) in [7, 11) is 0. The van der Waals surface area contributed by atoms with Gasteiger partial charge in [-0.3, -0.25) is 0 Å². The molecule has 0 saturated heterocycles. The number of rotatable bonds is 6. The van der Waals surface area contributed by atoms with Crippen molar-refractivity contribution in [2.24, 2.45) is 0 Å². The highest BCUT2D eigenvalue weighted by atomic mass is 19.4. The minimum Gasteiger partial charge on any atom is -0.473 e. The monoisotopic (exact) mass is 447 g/mol. The number of hydrogen-bond donors (Lipinski definition) is 2. The smallest absolute Gasteiger partial charge is 0.416 e. The highest BCUT2D eigenvalue weighted by Gasteiger charge is 2.30. The zero-order valence-electron chi connectivity index (χ0n) is 17.3. The van der Waals surface area contributed by atoms with Crippen molar-refractivity contribution < 1.29 is 23.0 Å². The number of aliphatic hydroxyl groups excluding tert-OH is 1. The third-order valence-electron chi connectivity index (χ3n) is 5.57. The zero-order valence-corrected chi connectivity index (χ0v) is 17.3. The lowest BCUT2D eigenvalue weighted by Gasteiger charge is -2.22. The van der Waals surface area contributed by atoms with Gasteiger partial charge in [0.2, 0.25) is 11.8 Å². The fraction of sp³-hybridized carbons (Fsp3) is 0.455. The van der Waals surface area contributed by atoms with Gasteiger partial charge in [-0.25, -0.2) is 9.97 Å². The van der Waals surface area contributed by atoms with E-state index in [1.807, 2.05) is 0 Å². The van der Waals surface area contributed by atoms with Gasteiger partial charge < -0.3 is 15.6 Å². The molecular formula is C22H24F3N5O2. The number of aryl methyl sites for hydroxylation is 1. The number of benzene rings is 1. The van der Waals surface area contributed by atoms with Crippen molar-refractivity contribution in [1.82, 2.24) is 19.9 Å². The Morgan fingerprint density at radius 2 is 1.78 bits per heavy atom. The van der Waals surface area contributed by atoms with Crippen LogP contribution in [-0.4, -0.2) is 31.1 Å². The number of nitrogens with zero attached hydrogens (tertiary/aromatic N) is 4. The lowest BCUT2D eigenvalue weighted by atomic mass is 9.98. The standard InChI is InChI=1S/C22H24F3N5O2/c23-22(24,25)14-9-6-13(7-10-14)8-11-17(31)16-12-27-19-18(28-16)20(30-21(26)29-19)32-15-4-2-1-3-5-15/h6-7,9-10,12,15,17,31H,1-5,8,11H2,(H2,26,27,29,30)/t17-/m1/s1. The number of fused-ring (bicyclic) bond motifs is 1. The summed E-state index contributed by atoms with van der Waals surface area (Å²) in [6.45, 7) is 0. The molecule has 1 fully saturated rings. The molecule has 0 unspecified atom stereocenters. The first-order valence-corrected chi connectivity index (χ1v) is 10.6. The first kappa shape index (κ1) is 22.2. The molecule has 0 radical (unpaired) electrons. The van der Waals surface area contributed by atoms with Gasteiger partial charge >= 0.3 is 6.18 Å². The predicted octanol–water partition coefficient (Wildman–Crippen LogP) is 4.40. The Hall–Kier alpha value is -3.01. The van der Waals surface area contributed by atoms with E-state index in [0.717, 1.165) is 37.8 Å². The summed E-state index contributed by atoms with van der Waals surface area (Å²) in [4.78, 5) is 17.0. The number of aliphatic hydroxyl groups is 1. The fourth-order valence-electron chi connectivity index (χ4n) is 3.81. The first-order chi connectivity index (χ1) is 15.3. The molecule has 1 aromatic carbocycles. The second kappa shape index (κ2) is 9.23. The number of halogens is 3. The van der Waals surface area contributed by atoms with Crippen molar-refractivity contribution in [2.75, 3.05) is 5.73 Å². The van der Waals surface area contributed by atoms with Gasteiger partial charge in [-0.05, 0) is 56.2 Å². The Balaban J connectivity index is 1.49. The average Bonchev–Trinajstić information content (AvgIpc) is 2.77. The molecule has 170 valence electrons. The third kappa shape index (κ3) is 5.24. The van der Waals surface area contributed by atoms with Crippen molar-refractivity contribution in [2.45, 2.75) is 63.3 Å². The average molecular weight is 447 g/mol. The first-order valence-electron chi connectivity index (χ1n) is 10.6. The normalized spacial score (nSPS) is 16.2. The van der Waals surface area contributed by atoms with Crippen LogP contribution in [0.25, 0.3) is 11.2 Å². The number of hydrogen-bond acceptors (Lipinski definition) is 7. The minimum absolute atomic E-state index is 0.0244. The van der Waals surface area contributed by atoms with Crippen molar-refractivity contribution in [3.8, 4) is 5.88 Å². The van der Waals surface area contributed by atoms with E-state index < -0.39 is 17.8 Å². The highest BCUT2D eigenvalue weighted by molar-refractivity contribution is 5.76. The summed E-state index contributed by atoms with van der Waals surface area (Å²) in [5, 5.41) is 10.6. The van der Waals surface area contributed by atoms with Gasteiger partial charge in [-0.1, -0.05) is 18.6 Å². The van der Waals surface area contributed by atoms with Crippen LogP contribution in [0.2, 0.25) is 0 Å². The van der Waals surface area contributed by atoms with Crippen molar-refractivity contribution in [1.29, 1.82) is 0 Å². The molecule has 2 heterocycles. The summed E-state index contributed by atoms with van der Waals surface area (Å²) in [5.41, 5.74) is 6.69. The summed E-state index contributed by atoms with van der Waals surface area (Å²) < 4.78 is 44.2. The molecule has 3 aromatic rings. The number of alkyl halides is 3. The maximum absolute atomic E-state index is 12.7. The van der Waals surface area contributed by atoms with E-state index in [1.165, 1.54) is 24.8 Å². The molecule has 1 saturated carbocycles. The zero-order chi connectivity index (χ0) is 22.7. The van der Waals surface area contributed by atoms with Gasteiger partial charge in [0.25, 0.3) is 0 Å². The Morgan fingerprint density at radius 3 is 2.47 bits per heavy atom. The molecule has 10 heteroatoms. The van der Waals surface area contributed by atoms with E-state index in [2.05, 4.69) is 19.9 Å². The SMILES string of the molecule is Nc1nc(OC2CCCCC2)c2nc([C@H](O)CCc3ccc(C(F)(F)F)cc3)cnc2n1. The molecular weight excluding hydrogens is 423 g/mol. The van der Waals surface area contributed by atoms with Gasteiger partial charge in [0.1, 0.15) is 6.10 Å². The van der Waals surface area contributed by atoms with Crippen LogP contribution in [0.3, 0.4) is 0 Å². The topological polar surface area (TPSA) is 107 Å². The summed E-state index contributed by atoms with van der Waals surface area (Å²) >= 11 is 0. The molecule has 0 amide bonds. The Bertz CT molecular complexity index is 1070. The van der Waals surface area contributed by atoms with Crippen LogP contribution >= 0.6 is 0 Å². The molecule has 7 nitrogen and oxygen atoms in total. The van der Waals surface area contributed by atoms with E-state index in [1.54, 1.807) is 0 Å². The summed E-state index contributed by atoms with van der Waals surface area (Å²) in [6.07, 6.45) is 1.95. The summed E-state index contributed by atoms with van der Waals surface area (Å²) in [5.74, 6) is 0.289. The van der Waals surface area contributed by atoms with Crippen molar-refractivity contribution in [3.63, 3.8) is 0 Å². The van der Waals surface area contributed by atoms with Gasteiger partial charge in [0.05, 0.1) is 23.6 Å². The Kier molecular flexibility index (Phi) is 6.40. The molecule has 1 atom stereocenters. The molecule has 3 N–H and O–H groups in total. The molecule has 1 aliphatic rings. The van der Waals surface area contributed by atoms with E-state index in [0.29, 0.717) is 23.2 Å². The largest absolute Gasteiger partial charge is 0.473 e. The van der Waals surface area contributed by atoms with Crippen LogP contribution in [0.5, 0.6) is 5.88 Å². The van der Waals surface area contributed by atoms with E-state index >= 15 is 0 Å². The van der Waals surface area contributed by atoms with Crippen LogP contribution in [0, 0.1) is 0 Å². The molecule has 4 rings (SSSR count). The Morgan fingerprint density at radius 1 is 1.06 bits per heavy atom. The molecule has 32 heavy (non-hydrogen) atoms. The van der Waals surface area contributed by atoms with Gasteiger partial charge in [0, 0.05) is 0 Å². The quantitative estimate of drug-likeness (QED) is 0.577. The van der Waals surface area contributed by atoms with Gasteiger partial charge in [-0.15, -0.1) is 0 Å². The molecule has 0 spiro atoms. The van der Waals surface area contributed by atoms with Gasteiger partial charge in [-0.2, -0.15) is 23.1 Å². The number of ether oxygens (including phenoxy) is 1. The van der Waals surface area contributed by atoms with E-state index in [9.17, 15) is 18.3 Å². The van der Waals surface area contributed by atoms with Crippen molar-refractivity contribution in [3.05, 3.63) is 47.3 Å². The van der Waals surface area contributed by atoms with Crippen LogP contribution in [-0.2, 0) is 12.6 Å². The second-order valence-electron chi connectivity index (χ2n) is 7.98. The lowest BCUT2D eigenvalue weighted by molar-refractivity contribution is -0.137. The van der Waals surface area contributed by atoms with Gasteiger partial charge in [0.15, 0.2) is 11.2 Å². The van der Waals surface area contributed by atoms with Crippen LogP contribution in [0.1, 0.15) is 61.4 Å². The summed E-state index contributed by atoms with van der Waals surface area (Å²) in [6, 6.07) is 4.89. The number of anilines is 1. The number of nitrogen functional groups attached to an aromatic ring is 1. The third-order valence-corrected chi connectivity index (χ3v) is 5.57. The van der Waals surface area contributed by atoms with E-state index in [4.69, 9.17) is 10.5 Å². The maximum Gasteiger partial charge on any atom is 0.416 e. The van der Waals surface area contributed by atoms with Crippen LogP contribution < -0.4 is 10.5 Å². The lowest BCUT2D eigenvalue weighted by Crippen LogP contribution is -2.21. The fourth-order valence-corrected chi connectivity index (χ4v) is 3.81. The molecule has 2 aromatic heterocycles. The molecule has 0 aliphatic heterocycles. The van der Waals surface area contributed by atoms with E-state index in [-0.39, 0.29) is 30.0 Å². The molecule has 1 aliphatic carbocycles. The van der Waals surface area contributed by atoms with Crippen molar-refractivity contribution >= 4 is 17.1 Å².